The van der Waals surface area contributed by atoms with Crippen molar-refractivity contribution < 1.29 is 4.79 Å². The fourth-order valence-electron chi connectivity index (χ4n) is 2.08. The molecule has 0 aromatic heterocycles. The maximum Gasteiger partial charge on any atom is 0.134 e. The minimum atomic E-state index is 0.224. The van der Waals surface area contributed by atoms with E-state index < -0.39 is 0 Å². The van der Waals surface area contributed by atoms with Crippen molar-refractivity contribution in [1.29, 1.82) is 0 Å². The lowest BCUT2D eigenvalue weighted by molar-refractivity contribution is -0.122. The zero-order chi connectivity index (χ0) is 10.8. The van der Waals surface area contributed by atoms with Crippen LogP contribution in [-0.4, -0.2) is 29.3 Å². The van der Waals surface area contributed by atoms with Gasteiger partial charge in [-0.15, -0.1) is 0 Å². The Kier molecular flexibility index (Phi) is 3.71. The topological polar surface area (TPSA) is 20.3 Å². The van der Waals surface area contributed by atoms with Crippen molar-refractivity contribution in [2.45, 2.75) is 64.5 Å². The maximum atomic E-state index is 11.4. The standard InChI is InChI=1S/C12H23NO/c1-5-12(2,3)13(4)10-7-6-8-11(14)9-10/h10H,5-9H2,1-4H3. The van der Waals surface area contributed by atoms with Gasteiger partial charge < -0.3 is 0 Å². The average molecular weight is 197 g/mol. The molecule has 0 amide bonds. The molecule has 2 nitrogen and oxygen atoms in total. The number of carbonyl (C=O) groups is 1. The van der Waals surface area contributed by atoms with Crippen LogP contribution >= 0.6 is 0 Å². The molecule has 1 unspecified atom stereocenters. The summed E-state index contributed by atoms with van der Waals surface area (Å²) in [4.78, 5) is 13.8. The molecule has 2 heteroatoms. The summed E-state index contributed by atoms with van der Waals surface area (Å²) in [6.07, 6.45) is 4.96. The summed E-state index contributed by atoms with van der Waals surface area (Å²) >= 11 is 0. The highest BCUT2D eigenvalue weighted by Gasteiger charge is 2.30. The molecule has 0 N–H and O–H groups in total. The SMILES string of the molecule is CCC(C)(C)N(C)C1CCCC(=O)C1. The van der Waals surface area contributed by atoms with Gasteiger partial charge in [-0.2, -0.15) is 0 Å². The van der Waals surface area contributed by atoms with Crippen LogP contribution < -0.4 is 0 Å². The van der Waals surface area contributed by atoms with Crippen molar-refractivity contribution in [2.75, 3.05) is 7.05 Å². The number of carbonyl (C=O) groups excluding carboxylic acids is 1. The maximum absolute atomic E-state index is 11.4. The zero-order valence-electron chi connectivity index (χ0n) is 9.97. The van der Waals surface area contributed by atoms with Crippen molar-refractivity contribution in [3.63, 3.8) is 0 Å². The second kappa shape index (κ2) is 4.43. The Morgan fingerprint density at radius 3 is 2.64 bits per heavy atom. The third kappa shape index (κ3) is 2.57. The Balaban J connectivity index is 2.59. The van der Waals surface area contributed by atoms with Crippen LogP contribution in [0.25, 0.3) is 0 Å². The third-order valence-corrected chi connectivity index (χ3v) is 3.82. The van der Waals surface area contributed by atoms with E-state index in [4.69, 9.17) is 0 Å². The van der Waals surface area contributed by atoms with Crippen LogP contribution in [0.5, 0.6) is 0 Å². The van der Waals surface area contributed by atoms with E-state index in [2.05, 4.69) is 32.7 Å². The van der Waals surface area contributed by atoms with E-state index >= 15 is 0 Å². The predicted octanol–water partition coefficient (Wildman–Crippen LogP) is 2.62. The van der Waals surface area contributed by atoms with Gasteiger partial charge in [0.25, 0.3) is 0 Å². The molecule has 0 radical (unpaired) electrons. The highest BCUT2D eigenvalue weighted by Crippen LogP contribution is 2.26. The molecule has 1 rings (SSSR count). The van der Waals surface area contributed by atoms with Crippen LogP contribution in [-0.2, 0) is 4.79 Å². The van der Waals surface area contributed by atoms with Gasteiger partial charge in [0.15, 0.2) is 0 Å². The molecule has 0 aromatic rings. The summed E-state index contributed by atoms with van der Waals surface area (Å²) in [5.41, 5.74) is 0.224. The molecular formula is C12H23NO. The minimum Gasteiger partial charge on any atom is -0.300 e. The smallest absolute Gasteiger partial charge is 0.134 e. The van der Waals surface area contributed by atoms with E-state index in [9.17, 15) is 4.79 Å². The molecule has 1 aliphatic rings. The first-order chi connectivity index (χ1) is 6.47. The van der Waals surface area contributed by atoms with Crippen LogP contribution in [0.1, 0.15) is 52.9 Å². The van der Waals surface area contributed by atoms with Crippen molar-refractivity contribution in [1.82, 2.24) is 4.90 Å². The van der Waals surface area contributed by atoms with Gasteiger partial charge in [0.2, 0.25) is 0 Å². The molecule has 1 aliphatic carbocycles. The Bertz CT molecular complexity index is 210. The number of rotatable bonds is 3. The van der Waals surface area contributed by atoms with E-state index in [0.717, 1.165) is 25.7 Å². The molecule has 0 spiro atoms. The quantitative estimate of drug-likeness (QED) is 0.693. The third-order valence-electron chi connectivity index (χ3n) is 3.82. The van der Waals surface area contributed by atoms with Crippen LogP contribution in [0.2, 0.25) is 0 Å². The summed E-state index contributed by atoms with van der Waals surface area (Å²) in [5.74, 6) is 0.444. The van der Waals surface area contributed by atoms with Gasteiger partial charge in [-0.25, -0.2) is 0 Å². The van der Waals surface area contributed by atoms with Gasteiger partial charge >= 0.3 is 0 Å². The van der Waals surface area contributed by atoms with Gasteiger partial charge in [0.1, 0.15) is 5.78 Å². The number of hydrogen-bond donors (Lipinski definition) is 0. The normalized spacial score (nSPS) is 24.4. The molecule has 14 heavy (non-hydrogen) atoms. The largest absolute Gasteiger partial charge is 0.300 e. The molecule has 0 saturated heterocycles. The summed E-state index contributed by atoms with van der Waals surface area (Å²) in [5, 5.41) is 0. The lowest BCUT2D eigenvalue weighted by atomic mass is 9.89. The number of ketones is 1. The lowest BCUT2D eigenvalue weighted by Crippen LogP contribution is -2.48. The van der Waals surface area contributed by atoms with Gasteiger partial charge in [0.05, 0.1) is 0 Å². The highest BCUT2D eigenvalue weighted by molar-refractivity contribution is 5.79. The molecule has 82 valence electrons. The fraction of sp³-hybridized carbons (Fsp3) is 0.917. The summed E-state index contributed by atoms with van der Waals surface area (Å²) in [7, 11) is 2.16. The van der Waals surface area contributed by atoms with E-state index in [1.54, 1.807) is 0 Å². The van der Waals surface area contributed by atoms with Crippen molar-refractivity contribution >= 4 is 5.78 Å². The second-order valence-corrected chi connectivity index (χ2v) is 5.07. The summed E-state index contributed by atoms with van der Waals surface area (Å²) in [6, 6.07) is 0.478. The summed E-state index contributed by atoms with van der Waals surface area (Å²) in [6.45, 7) is 6.72. The number of Topliss-reactive ketones (excluding diaryl/α,β-unsaturated/α-hetero) is 1. The monoisotopic (exact) mass is 197 g/mol. The predicted molar refractivity (Wildman–Crippen MR) is 59.4 cm³/mol. The first kappa shape index (κ1) is 11.7. The molecular weight excluding hydrogens is 174 g/mol. The van der Waals surface area contributed by atoms with Gasteiger partial charge in [-0.3, -0.25) is 9.69 Å². The lowest BCUT2D eigenvalue weighted by Gasteiger charge is -2.42. The summed E-state index contributed by atoms with van der Waals surface area (Å²) < 4.78 is 0. The minimum absolute atomic E-state index is 0.224. The van der Waals surface area contributed by atoms with Gasteiger partial charge in [0, 0.05) is 24.4 Å². The van der Waals surface area contributed by atoms with Crippen LogP contribution in [0, 0.1) is 0 Å². The first-order valence-electron chi connectivity index (χ1n) is 5.72. The molecule has 0 aliphatic heterocycles. The molecule has 1 saturated carbocycles. The van der Waals surface area contributed by atoms with Crippen LogP contribution in [0.3, 0.4) is 0 Å². The highest BCUT2D eigenvalue weighted by atomic mass is 16.1. The second-order valence-electron chi connectivity index (χ2n) is 5.07. The number of hydrogen-bond acceptors (Lipinski definition) is 2. The molecule has 0 heterocycles. The van der Waals surface area contributed by atoms with E-state index in [0.29, 0.717) is 11.8 Å². The molecule has 1 fully saturated rings. The van der Waals surface area contributed by atoms with Gasteiger partial charge in [-0.05, 0) is 40.2 Å². The number of nitrogens with zero attached hydrogens (tertiary/aromatic N) is 1. The first-order valence-corrected chi connectivity index (χ1v) is 5.72. The average Bonchev–Trinajstić information content (AvgIpc) is 2.16. The van der Waals surface area contributed by atoms with Crippen LogP contribution in [0.15, 0.2) is 0 Å². The van der Waals surface area contributed by atoms with E-state index in [1.165, 1.54) is 6.42 Å². The Hall–Kier alpha value is -0.370. The Labute approximate surface area is 87.7 Å². The van der Waals surface area contributed by atoms with E-state index in [-0.39, 0.29) is 5.54 Å². The molecule has 1 atom stereocenters. The Morgan fingerprint density at radius 1 is 1.50 bits per heavy atom. The van der Waals surface area contributed by atoms with Crippen molar-refractivity contribution in [3.05, 3.63) is 0 Å². The Morgan fingerprint density at radius 2 is 2.14 bits per heavy atom. The zero-order valence-corrected chi connectivity index (χ0v) is 9.97. The molecule has 0 aromatic carbocycles. The van der Waals surface area contributed by atoms with Crippen molar-refractivity contribution in [3.8, 4) is 0 Å². The fourth-order valence-corrected chi connectivity index (χ4v) is 2.08. The van der Waals surface area contributed by atoms with E-state index in [1.807, 2.05) is 0 Å². The van der Waals surface area contributed by atoms with Gasteiger partial charge in [-0.1, -0.05) is 6.92 Å². The molecule has 0 bridgehead atoms. The van der Waals surface area contributed by atoms with Crippen LogP contribution in [0.4, 0.5) is 0 Å². The van der Waals surface area contributed by atoms with Crippen molar-refractivity contribution in [2.24, 2.45) is 0 Å².